The van der Waals surface area contributed by atoms with Crippen LogP contribution in [0.3, 0.4) is 0 Å². The minimum absolute atomic E-state index is 0.0634. The van der Waals surface area contributed by atoms with Crippen LogP contribution in [0.5, 0.6) is 0 Å². The van der Waals surface area contributed by atoms with Crippen LogP contribution in [0.1, 0.15) is 36.9 Å². The number of hydrogen-bond donors (Lipinski definition) is 1. The van der Waals surface area contributed by atoms with E-state index in [1.807, 2.05) is 0 Å². The van der Waals surface area contributed by atoms with Gasteiger partial charge in [-0.1, -0.05) is 19.1 Å². The highest BCUT2D eigenvalue weighted by atomic mass is 19.4. The average Bonchev–Trinajstić information content (AvgIpc) is 2.29. The maximum absolute atomic E-state index is 12.6. The molecule has 1 aromatic carbocycles. The van der Waals surface area contributed by atoms with Gasteiger partial charge in [0, 0.05) is 6.04 Å². The Hall–Kier alpha value is -1.03. The van der Waals surface area contributed by atoms with Crippen molar-refractivity contribution in [2.24, 2.45) is 5.92 Å². The van der Waals surface area contributed by atoms with Gasteiger partial charge in [0.15, 0.2) is 0 Å². The van der Waals surface area contributed by atoms with E-state index in [9.17, 15) is 13.2 Å². The SMILES string of the molecule is C[C@H]1CC[C@H](c2cccc(C(F)(F)F)c2)NC1. The zero-order valence-corrected chi connectivity index (χ0v) is 9.72. The van der Waals surface area contributed by atoms with Crippen molar-refractivity contribution >= 4 is 0 Å². The van der Waals surface area contributed by atoms with E-state index in [0.717, 1.165) is 31.0 Å². The number of nitrogens with one attached hydrogen (secondary N) is 1. The second-order valence-corrected chi connectivity index (χ2v) is 4.77. The van der Waals surface area contributed by atoms with Gasteiger partial charge < -0.3 is 5.32 Å². The first-order valence-corrected chi connectivity index (χ1v) is 5.87. The van der Waals surface area contributed by atoms with Gasteiger partial charge in [-0.3, -0.25) is 0 Å². The van der Waals surface area contributed by atoms with Crippen LogP contribution in [0, 0.1) is 5.92 Å². The molecule has 1 aliphatic heterocycles. The number of halogens is 3. The van der Waals surface area contributed by atoms with Crippen molar-refractivity contribution in [2.75, 3.05) is 6.54 Å². The normalized spacial score (nSPS) is 25.9. The van der Waals surface area contributed by atoms with Gasteiger partial charge in [-0.2, -0.15) is 13.2 Å². The van der Waals surface area contributed by atoms with Gasteiger partial charge in [-0.15, -0.1) is 0 Å². The molecule has 0 aromatic heterocycles. The Kier molecular flexibility index (Phi) is 3.43. The van der Waals surface area contributed by atoms with Crippen LogP contribution in [0.2, 0.25) is 0 Å². The predicted molar refractivity (Wildman–Crippen MR) is 60.6 cm³/mol. The molecule has 1 N–H and O–H groups in total. The molecule has 2 rings (SSSR count). The molecule has 2 atom stereocenters. The van der Waals surface area contributed by atoms with Crippen molar-refractivity contribution in [1.82, 2.24) is 5.32 Å². The molecule has 17 heavy (non-hydrogen) atoms. The lowest BCUT2D eigenvalue weighted by atomic mass is 9.91. The van der Waals surface area contributed by atoms with E-state index in [-0.39, 0.29) is 6.04 Å². The molecule has 94 valence electrons. The van der Waals surface area contributed by atoms with Gasteiger partial charge in [0.2, 0.25) is 0 Å². The van der Waals surface area contributed by atoms with E-state index < -0.39 is 11.7 Å². The Morgan fingerprint density at radius 3 is 2.59 bits per heavy atom. The van der Waals surface area contributed by atoms with Gasteiger partial charge in [0.1, 0.15) is 0 Å². The monoisotopic (exact) mass is 243 g/mol. The number of alkyl halides is 3. The molecule has 0 spiro atoms. The van der Waals surface area contributed by atoms with Gasteiger partial charge in [0.05, 0.1) is 5.56 Å². The number of rotatable bonds is 1. The molecule has 0 amide bonds. The molecule has 4 heteroatoms. The van der Waals surface area contributed by atoms with Gasteiger partial charge in [0.25, 0.3) is 0 Å². The Balaban J connectivity index is 2.16. The largest absolute Gasteiger partial charge is 0.416 e. The lowest BCUT2D eigenvalue weighted by Gasteiger charge is -2.28. The Morgan fingerprint density at radius 2 is 2.00 bits per heavy atom. The van der Waals surface area contributed by atoms with E-state index in [2.05, 4.69) is 12.2 Å². The molecule has 1 saturated heterocycles. The summed E-state index contributed by atoms with van der Waals surface area (Å²) >= 11 is 0. The highest BCUT2D eigenvalue weighted by Crippen LogP contribution is 2.32. The van der Waals surface area contributed by atoms with Crippen LogP contribution in [0.15, 0.2) is 24.3 Å². The highest BCUT2D eigenvalue weighted by Gasteiger charge is 2.31. The summed E-state index contributed by atoms with van der Waals surface area (Å²) in [4.78, 5) is 0. The highest BCUT2D eigenvalue weighted by molar-refractivity contribution is 5.28. The fourth-order valence-corrected chi connectivity index (χ4v) is 2.22. The molecule has 0 bridgehead atoms. The van der Waals surface area contributed by atoms with Crippen LogP contribution >= 0.6 is 0 Å². The predicted octanol–water partition coefficient (Wildman–Crippen LogP) is 3.77. The summed E-state index contributed by atoms with van der Waals surface area (Å²) in [6.07, 6.45) is -2.28. The van der Waals surface area contributed by atoms with Gasteiger partial charge in [-0.25, -0.2) is 0 Å². The molecule has 0 unspecified atom stereocenters. The number of hydrogen-bond acceptors (Lipinski definition) is 1. The van der Waals surface area contributed by atoms with Gasteiger partial charge >= 0.3 is 6.18 Å². The van der Waals surface area contributed by atoms with Crippen molar-refractivity contribution in [3.8, 4) is 0 Å². The number of piperidine rings is 1. The zero-order chi connectivity index (χ0) is 12.5. The minimum Gasteiger partial charge on any atom is -0.310 e. The van der Waals surface area contributed by atoms with Crippen molar-refractivity contribution in [2.45, 2.75) is 32.0 Å². The molecule has 1 fully saturated rings. The van der Waals surface area contributed by atoms with E-state index in [1.165, 1.54) is 12.1 Å². The second-order valence-electron chi connectivity index (χ2n) is 4.77. The number of benzene rings is 1. The lowest BCUT2D eigenvalue weighted by Crippen LogP contribution is -2.31. The molecule has 1 aliphatic rings. The topological polar surface area (TPSA) is 12.0 Å². The fourth-order valence-electron chi connectivity index (χ4n) is 2.22. The van der Waals surface area contributed by atoms with Crippen molar-refractivity contribution < 1.29 is 13.2 Å². The summed E-state index contributed by atoms with van der Waals surface area (Å²) in [7, 11) is 0. The zero-order valence-electron chi connectivity index (χ0n) is 9.72. The van der Waals surface area contributed by atoms with Crippen molar-refractivity contribution in [3.63, 3.8) is 0 Å². The van der Waals surface area contributed by atoms with E-state index in [4.69, 9.17) is 0 Å². The third-order valence-corrected chi connectivity index (χ3v) is 3.28. The van der Waals surface area contributed by atoms with E-state index in [0.29, 0.717) is 5.92 Å². The van der Waals surface area contributed by atoms with E-state index >= 15 is 0 Å². The third-order valence-electron chi connectivity index (χ3n) is 3.28. The first kappa shape index (κ1) is 12.4. The van der Waals surface area contributed by atoms with Crippen LogP contribution in [0.25, 0.3) is 0 Å². The van der Waals surface area contributed by atoms with Crippen molar-refractivity contribution in [1.29, 1.82) is 0 Å². The summed E-state index contributed by atoms with van der Waals surface area (Å²) in [5, 5.41) is 3.30. The smallest absolute Gasteiger partial charge is 0.310 e. The minimum atomic E-state index is -4.25. The molecule has 0 radical (unpaired) electrons. The molecule has 1 aromatic rings. The Bertz CT molecular complexity index is 378. The summed E-state index contributed by atoms with van der Waals surface area (Å²) < 4.78 is 37.7. The standard InChI is InChI=1S/C13H16F3N/c1-9-5-6-12(17-8-9)10-3-2-4-11(7-10)13(14,15)16/h2-4,7,9,12,17H,5-6,8H2,1H3/t9-,12+/m0/s1. The first-order chi connectivity index (χ1) is 7.97. The summed E-state index contributed by atoms with van der Waals surface area (Å²) in [5.74, 6) is 0.608. The molecular formula is C13H16F3N. The van der Waals surface area contributed by atoms with Crippen LogP contribution in [-0.4, -0.2) is 6.54 Å². The van der Waals surface area contributed by atoms with Crippen LogP contribution < -0.4 is 5.32 Å². The molecule has 1 heterocycles. The lowest BCUT2D eigenvalue weighted by molar-refractivity contribution is -0.137. The molecular weight excluding hydrogens is 227 g/mol. The van der Waals surface area contributed by atoms with Crippen LogP contribution in [0.4, 0.5) is 13.2 Å². The Morgan fingerprint density at radius 1 is 1.24 bits per heavy atom. The summed E-state index contributed by atoms with van der Waals surface area (Å²) in [6.45, 7) is 3.02. The summed E-state index contributed by atoms with van der Waals surface area (Å²) in [5.41, 5.74) is 0.183. The summed E-state index contributed by atoms with van der Waals surface area (Å²) in [6, 6.07) is 5.69. The first-order valence-electron chi connectivity index (χ1n) is 5.87. The van der Waals surface area contributed by atoms with Crippen LogP contribution in [-0.2, 0) is 6.18 Å². The van der Waals surface area contributed by atoms with E-state index in [1.54, 1.807) is 6.07 Å². The maximum atomic E-state index is 12.6. The maximum Gasteiger partial charge on any atom is 0.416 e. The molecule has 0 saturated carbocycles. The molecule has 1 nitrogen and oxygen atoms in total. The average molecular weight is 243 g/mol. The van der Waals surface area contributed by atoms with Crippen molar-refractivity contribution in [3.05, 3.63) is 35.4 Å². The third kappa shape index (κ3) is 3.00. The quantitative estimate of drug-likeness (QED) is 0.791. The molecule has 0 aliphatic carbocycles. The fraction of sp³-hybridized carbons (Fsp3) is 0.538. The van der Waals surface area contributed by atoms with Gasteiger partial charge in [-0.05, 0) is 43.0 Å². The Labute approximate surface area is 99.0 Å². The second kappa shape index (κ2) is 4.69.